The van der Waals surface area contributed by atoms with Gasteiger partial charge in [-0.2, -0.15) is 0 Å². The number of hydrogen-bond donors (Lipinski definition) is 1. The van der Waals surface area contributed by atoms with E-state index in [1.54, 1.807) is 0 Å². The van der Waals surface area contributed by atoms with E-state index in [0.29, 0.717) is 17.5 Å². The molecule has 0 aliphatic heterocycles. The molecule has 2 rings (SSSR count). The maximum absolute atomic E-state index is 6.06. The molecule has 0 aliphatic carbocycles. The normalized spacial score (nSPS) is 10.9. The van der Waals surface area contributed by atoms with Gasteiger partial charge in [-0.25, -0.2) is 9.97 Å². The number of fused-ring (bicyclic) bond motifs is 1. The maximum Gasteiger partial charge on any atom is 0.144 e. The van der Waals surface area contributed by atoms with Crippen molar-refractivity contribution in [2.45, 2.75) is 6.54 Å². The first-order valence-electron chi connectivity index (χ1n) is 4.47. The third kappa shape index (κ3) is 2.27. The smallest absolute Gasteiger partial charge is 0.144 e. The van der Waals surface area contributed by atoms with Crippen molar-refractivity contribution < 1.29 is 0 Å². The van der Waals surface area contributed by atoms with Gasteiger partial charge in [0.2, 0.25) is 0 Å². The quantitative estimate of drug-likeness (QED) is 0.863. The lowest BCUT2D eigenvalue weighted by molar-refractivity contribution is 0.764. The van der Waals surface area contributed by atoms with Crippen LogP contribution in [-0.2, 0) is 6.54 Å². The van der Waals surface area contributed by atoms with Crippen molar-refractivity contribution in [2.24, 2.45) is 0 Å². The first-order valence-corrected chi connectivity index (χ1v) is 5.64. The Hall–Kier alpha value is -0.710. The molecule has 0 bridgehead atoms. The second kappa shape index (κ2) is 4.43. The summed E-state index contributed by atoms with van der Waals surface area (Å²) in [6, 6.07) is 5.77. The van der Waals surface area contributed by atoms with Gasteiger partial charge in [-0.1, -0.05) is 27.5 Å². The summed E-state index contributed by atoms with van der Waals surface area (Å²) in [6.07, 6.45) is 0. The summed E-state index contributed by atoms with van der Waals surface area (Å²) >= 11 is 9.46. The molecule has 0 radical (unpaired) electrons. The Labute approximate surface area is 101 Å². The van der Waals surface area contributed by atoms with Crippen LogP contribution in [0.1, 0.15) is 5.82 Å². The summed E-state index contributed by atoms with van der Waals surface area (Å²) < 4.78 is 0.986. The molecule has 0 saturated heterocycles. The zero-order chi connectivity index (χ0) is 10.8. The van der Waals surface area contributed by atoms with Crippen molar-refractivity contribution in [3.05, 3.63) is 33.6 Å². The summed E-state index contributed by atoms with van der Waals surface area (Å²) in [7, 11) is 1.85. The van der Waals surface area contributed by atoms with E-state index in [2.05, 4.69) is 31.2 Å². The van der Waals surface area contributed by atoms with Gasteiger partial charge in [0.1, 0.15) is 11.0 Å². The summed E-state index contributed by atoms with van der Waals surface area (Å²) in [5.41, 5.74) is 0.856. The highest BCUT2D eigenvalue weighted by atomic mass is 79.9. The molecule has 1 N–H and O–H groups in total. The SMILES string of the molecule is CNCc1nc(Cl)c2ccc(Br)cc2n1. The summed E-state index contributed by atoms with van der Waals surface area (Å²) in [6.45, 7) is 0.613. The molecule has 15 heavy (non-hydrogen) atoms. The fourth-order valence-corrected chi connectivity index (χ4v) is 1.95. The molecule has 0 fully saturated rings. The molecule has 5 heteroatoms. The van der Waals surface area contributed by atoms with Crippen LogP contribution in [0.2, 0.25) is 5.15 Å². The second-order valence-electron chi connectivity index (χ2n) is 3.12. The average molecular weight is 287 g/mol. The minimum Gasteiger partial charge on any atom is -0.313 e. The molecule has 1 heterocycles. The Balaban J connectivity index is 2.63. The van der Waals surface area contributed by atoms with Crippen LogP contribution in [0.4, 0.5) is 0 Å². The Bertz CT molecular complexity index is 501. The third-order valence-corrected chi connectivity index (χ3v) is 2.78. The van der Waals surface area contributed by atoms with Gasteiger partial charge in [-0.3, -0.25) is 0 Å². The molecule has 2 aromatic rings. The number of hydrogen-bond acceptors (Lipinski definition) is 3. The lowest BCUT2D eigenvalue weighted by Gasteiger charge is -2.04. The molecule has 1 aromatic heterocycles. The van der Waals surface area contributed by atoms with E-state index in [1.165, 1.54) is 0 Å². The largest absolute Gasteiger partial charge is 0.313 e. The van der Waals surface area contributed by atoms with Crippen molar-refractivity contribution in [1.82, 2.24) is 15.3 Å². The fraction of sp³-hybridized carbons (Fsp3) is 0.200. The van der Waals surface area contributed by atoms with Crippen LogP contribution in [0, 0.1) is 0 Å². The van der Waals surface area contributed by atoms with Gasteiger partial charge >= 0.3 is 0 Å². The van der Waals surface area contributed by atoms with Gasteiger partial charge in [-0.15, -0.1) is 0 Å². The summed E-state index contributed by atoms with van der Waals surface area (Å²) in [5, 5.41) is 4.37. The Morgan fingerprint density at radius 1 is 1.40 bits per heavy atom. The lowest BCUT2D eigenvalue weighted by atomic mass is 10.2. The van der Waals surface area contributed by atoms with E-state index in [9.17, 15) is 0 Å². The van der Waals surface area contributed by atoms with E-state index in [-0.39, 0.29) is 0 Å². The average Bonchev–Trinajstić information content (AvgIpc) is 2.17. The monoisotopic (exact) mass is 285 g/mol. The van der Waals surface area contributed by atoms with E-state index in [0.717, 1.165) is 15.4 Å². The number of halogens is 2. The van der Waals surface area contributed by atoms with Gasteiger partial charge in [0.15, 0.2) is 0 Å². The number of nitrogens with zero attached hydrogens (tertiary/aromatic N) is 2. The van der Waals surface area contributed by atoms with Gasteiger partial charge < -0.3 is 5.32 Å². The van der Waals surface area contributed by atoms with Gasteiger partial charge in [0.05, 0.1) is 12.1 Å². The highest BCUT2D eigenvalue weighted by molar-refractivity contribution is 9.10. The molecule has 0 amide bonds. The third-order valence-electron chi connectivity index (χ3n) is 1.99. The lowest BCUT2D eigenvalue weighted by Crippen LogP contribution is -2.09. The van der Waals surface area contributed by atoms with Crippen molar-refractivity contribution in [1.29, 1.82) is 0 Å². The van der Waals surface area contributed by atoms with Gasteiger partial charge in [-0.05, 0) is 25.2 Å². The van der Waals surface area contributed by atoms with Crippen molar-refractivity contribution >= 4 is 38.4 Å². The van der Waals surface area contributed by atoms with Gasteiger partial charge in [0, 0.05) is 9.86 Å². The van der Waals surface area contributed by atoms with Crippen LogP contribution in [0.25, 0.3) is 10.9 Å². The molecule has 0 saturated carbocycles. The molecule has 1 aromatic carbocycles. The molecule has 0 unspecified atom stereocenters. The molecule has 0 atom stereocenters. The summed E-state index contributed by atoms with van der Waals surface area (Å²) in [4.78, 5) is 8.60. The standard InChI is InChI=1S/C10H9BrClN3/c1-13-5-9-14-8-4-6(11)2-3-7(8)10(12)15-9/h2-4,13H,5H2,1H3. The fourth-order valence-electron chi connectivity index (χ4n) is 1.35. The van der Waals surface area contributed by atoms with E-state index < -0.39 is 0 Å². The van der Waals surface area contributed by atoms with E-state index >= 15 is 0 Å². The Kier molecular flexibility index (Phi) is 3.19. The van der Waals surface area contributed by atoms with Crippen LogP contribution in [0.3, 0.4) is 0 Å². The molecule has 0 aliphatic rings. The number of benzene rings is 1. The Morgan fingerprint density at radius 2 is 2.20 bits per heavy atom. The van der Waals surface area contributed by atoms with E-state index in [4.69, 9.17) is 11.6 Å². The number of aromatic nitrogens is 2. The Morgan fingerprint density at radius 3 is 2.93 bits per heavy atom. The highest BCUT2D eigenvalue weighted by Crippen LogP contribution is 2.23. The van der Waals surface area contributed by atoms with Crippen LogP contribution in [0.5, 0.6) is 0 Å². The van der Waals surface area contributed by atoms with Gasteiger partial charge in [0.25, 0.3) is 0 Å². The van der Waals surface area contributed by atoms with Crippen LogP contribution < -0.4 is 5.32 Å². The number of nitrogens with one attached hydrogen (secondary N) is 1. The summed E-state index contributed by atoms with van der Waals surface area (Å²) in [5.74, 6) is 0.702. The molecule has 78 valence electrons. The minimum absolute atomic E-state index is 0.498. The van der Waals surface area contributed by atoms with Crippen LogP contribution in [-0.4, -0.2) is 17.0 Å². The van der Waals surface area contributed by atoms with Crippen LogP contribution in [0.15, 0.2) is 22.7 Å². The van der Waals surface area contributed by atoms with Crippen molar-refractivity contribution in [2.75, 3.05) is 7.05 Å². The van der Waals surface area contributed by atoms with Crippen molar-refractivity contribution in [3.63, 3.8) is 0 Å². The first kappa shape index (κ1) is 10.8. The molecular formula is C10H9BrClN3. The predicted molar refractivity (Wildman–Crippen MR) is 65.0 cm³/mol. The van der Waals surface area contributed by atoms with Crippen molar-refractivity contribution in [3.8, 4) is 0 Å². The number of rotatable bonds is 2. The highest BCUT2D eigenvalue weighted by Gasteiger charge is 2.05. The minimum atomic E-state index is 0.498. The predicted octanol–water partition coefficient (Wildman–Crippen LogP) is 2.77. The zero-order valence-electron chi connectivity index (χ0n) is 8.09. The topological polar surface area (TPSA) is 37.8 Å². The molecule has 0 spiro atoms. The van der Waals surface area contributed by atoms with E-state index in [1.807, 2.05) is 25.2 Å². The van der Waals surface area contributed by atoms with Crippen LogP contribution >= 0.6 is 27.5 Å². The molecular weight excluding hydrogens is 277 g/mol. The molecule has 3 nitrogen and oxygen atoms in total. The maximum atomic E-state index is 6.06. The first-order chi connectivity index (χ1) is 7.20. The zero-order valence-corrected chi connectivity index (χ0v) is 10.4. The second-order valence-corrected chi connectivity index (χ2v) is 4.40.